The van der Waals surface area contributed by atoms with Gasteiger partial charge in [-0.25, -0.2) is 8.42 Å². The van der Waals surface area contributed by atoms with Crippen molar-refractivity contribution in [1.29, 1.82) is 0 Å². The van der Waals surface area contributed by atoms with Crippen molar-refractivity contribution < 1.29 is 8.42 Å². The summed E-state index contributed by atoms with van der Waals surface area (Å²) in [6, 6.07) is 0. The van der Waals surface area contributed by atoms with Crippen LogP contribution < -0.4 is 5.73 Å². The summed E-state index contributed by atoms with van der Waals surface area (Å²) in [4.78, 5) is 0.0990. The molecule has 0 spiro atoms. The first-order valence-electron chi connectivity index (χ1n) is 5.72. The number of hydrogen-bond donors (Lipinski definition) is 1. The van der Waals surface area contributed by atoms with Gasteiger partial charge >= 0.3 is 0 Å². The summed E-state index contributed by atoms with van der Waals surface area (Å²) in [6.07, 6.45) is 3.00. The van der Waals surface area contributed by atoms with Crippen LogP contribution in [-0.2, 0) is 17.1 Å². The van der Waals surface area contributed by atoms with Crippen LogP contribution in [0.5, 0.6) is 0 Å². The van der Waals surface area contributed by atoms with Crippen LogP contribution in [0.25, 0.3) is 0 Å². The Morgan fingerprint density at radius 2 is 1.88 bits per heavy atom. The molecule has 0 fully saturated rings. The number of aromatic nitrogens is 2. The van der Waals surface area contributed by atoms with Crippen LogP contribution in [0.2, 0.25) is 0 Å². The highest BCUT2D eigenvalue weighted by molar-refractivity contribution is 7.89. The maximum Gasteiger partial charge on any atom is 0.248 e. The zero-order chi connectivity index (χ0) is 13.1. The van der Waals surface area contributed by atoms with E-state index in [9.17, 15) is 8.42 Å². The Kier molecular flexibility index (Phi) is 4.53. The second kappa shape index (κ2) is 5.50. The summed E-state index contributed by atoms with van der Waals surface area (Å²) in [5.74, 6) is 0.0599. The maximum absolute atomic E-state index is 12.3. The molecule has 0 radical (unpaired) electrons. The molecular weight excluding hydrogens is 240 g/mol. The first-order valence-corrected chi connectivity index (χ1v) is 7.16. The standard InChI is InChI=1S/C10H20N4O2S/c1-4-6-14(7-5-2)17(15,16)9-8-13(3)12-10(9)11/h8H,4-7H2,1-3H3,(H2,11,12). The predicted molar refractivity (Wildman–Crippen MR) is 67.0 cm³/mol. The molecule has 0 bridgehead atoms. The van der Waals surface area contributed by atoms with Crippen LogP contribution in [0.1, 0.15) is 26.7 Å². The predicted octanol–water partition coefficient (Wildman–Crippen LogP) is 0.813. The average molecular weight is 260 g/mol. The van der Waals surface area contributed by atoms with E-state index in [2.05, 4.69) is 5.10 Å². The smallest absolute Gasteiger partial charge is 0.248 e. The first-order chi connectivity index (χ1) is 7.93. The van der Waals surface area contributed by atoms with E-state index < -0.39 is 10.0 Å². The molecule has 0 amide bonds. The summed E-state index contributed by atoms with van der Waals surface area (Å²) < 4.78 is 27.6. The monoisotopic (exact) mass is 260 g/mol. The van der Waals surface area contributed by atoms with Crippen molar-refractivity contribution in [3.63, 3.8) is 0 Å². The fraction of sp³-hybridized carbons (Fsp3) is 0.700. The average Bonchev–Trinajstić information content (AvgIpc) is 2.58. The van der Waals surface area contributed by atoms with E-state index in [1.54, 1.807) is 7.05 Å². The number of sulfonamides is 1. The van der Waals surface area contributed by atoms with Crippen molar-refractivity contribution >= 4 is 15.8 Å². The van der Waals surface area contributed by atoms with E-state index in [0.29, 0.717) is 13.1 Å². The Morgan fingerprint density at radius 3 is 2.24 bits per heavy atom. The minimum absolute atomic E-state index is 0.0599. The van der Waals surface area contributed by atoms with E-state index >= 15 is 0 Å². The van der Waals surface area contributed by atoms with E-state index in [4.69, 9.17) is 5.73 Å². The minimum Gasteiger partial charge on any atom is -0.381 e. The zero-order valence-electron chi connectivity index (χ0n) is 10.5. The number of rotatable bonds is 6. The number of nitrogens with two attached hydrogens (primary N) is 1. The van der Waals surface area contributed by atoms with Crippen molar-refractivity contribution in [2.24, 2.45) is 7.05 Å². The van der Waals surface area contributed by atoms with Gasteiger partial charge in [0.2, 0.25) is 10.0 Å². The maximum atomic E-state index is 12.3. The number of aryl methyl sites for hydroxylation is 1. The highest BCUT2D eigenvalue weighted by Crippen LogP contribution is 2.21. The summed E-state index contributed by atoms with van der Waals surface area (Å²) in [5, 5.41) is 3.87. The van der Waals surface area contributed by atoms with Gasteiger partial charge in [0.15, 0.2) is 5.82 Å². The number of hydrogen-bond acceptors (Lipinski definition) is 4. The molecule has 7 heteroatoms. The van der Waals surface area contributed by atoms with Crippen LogP contribution >= 0.6 is 0 Å². The molecule has 2 N–H and O–H groups in total. The molecule has 0 atom stereocenters. The third-order valence-electron chi connectivity index (χ3n) is 2.39. The number of nitrogen functional groups attached to an aromatic ring is 1. The molecule has 17 heavy (non-hydrogen) atoms. The summed E-state index contributed by atoms with van der Waals surface area (Å²) >= 11 is 0. The van der Waals surface area contributed by atoms with Gasteiger partial charge < -0.3 is 5.73 Å². The summed E-state index contributed by atoms with van der Waals surface area (Å²) in [5.41, 5.74) is 5.62. The zero-order valence-corrected chi connectivity index (χ0v) is 11.4. The van der Waals surface area contributed by atoms with E-state index in [1.807, 2.05) is 13.8 Å². The fourth-order valence-corrected chi connectivity index (χ4v) is 3.39. The van der Waals surface area contributed by atoms with Gasteiger partial charge in [0.1, 0.15) is 4.90 Å². The van der Waals surface area contributed by atoms with Crippen LogP contribution in [-0.4, -0.2) is 35.6 Å². The van der Waals surface area contributed by atoms with Crippen molar-refractivity contribution in [3.05, 3.63) is 6.20 Å². The Bertz CT molecular complexity index is 461. The van der Waals surface area contributed by atoms with Crippen LogP contribution in [0, 0.1) is 0 Å². The van der Waals surface area contributed by atoms with E-state index in [0.717, 1.165) is 12.8 Å². The lowest BCUT2D eigenvalue weighted by molar-refractivity contribution is 0.410. The minimum atomic E-state index is -3.51. The highest BCUT2D eigenvalue weighted by Gasteiger charge is 2.27. The quantitative estimate of drug-likeness (QED) is 0.820. The molecule has 1 heterocycles. The van der Waals surface area contributed by atoms with Crippen molar-refractivity contribution in [2.45, 2.75) is 31.6 Å². The van der Waals surface area contributed by atoms with Gasteiger partial charge in [-0.15, -0.1) is 0 Å². The molecule has 0 aromatic carbocycles. The topological polar surface area (TPSA) is 81.2 Å². The second-order valence-electron chi connectivity index (χ2n) is 3.96. The van der Waals surface area contributed by atoms with Gasteiger partial charge in [-0.2, -0.15) is 9.40 Å². The molecule has 1 aromatic heterocycles. The molecule has 0 aliphatic heterocycles. The number of anilines is 1. The van der Waals surface area contributed by atoms with Gasteiger partial charge in [-0.3, -0.25) is 4.68 Å². The van der Waals surface area contributed by atoms with Crippen LogP contribution in [0.3, 0.4) is 0 Å². The molecular formula is C10H20N4O2S. The summed E-state index contributed by atoms with van der Waals surface area (Å²) in [6.45, 7) is 4.91. The van der Waals surface area contributed by atoms with Gasteiger partial charge in [0, 0.05) is 26.3 Å². The Morgan fingerprint density at radius 1 is 1.35 bits per heavy atom. The van der Waals surface area contributed by atoms with Crippen molar-refractivity contribution in [1.82, 2.24) is 14.1 Å². The lowest BCUT2D eigenvalue weighted by Crippen LogP contribution is -2.32. The molecule has 6 nitrogen and oxygen atoms in total. The lowest BCUT2D eigenvalue weighted by atomic mass is 10.4. The van der Waals surface area contributed by atoms with Gasteiger partial charge in [-0.1, -0.05) is 13.8 Å². The molecule has 1 rings (SSSR count). The molecule has 1 aromatic rings. The molecule has 98 valence electrons. The Balaban J connectivity index is 3.11. The van der Waals surface area contributed by atoms with Gasteiger partial charge in [0.05, 0.1) is 0 Å². The highest BCUT2D eigenvalue weighted by atomic mass is 32.2. The third-order valence-corrected chi connectivity index (χ3v) is 4.30. The van der Waals surface area contributed by atoms with Gasteiger partial charge in [0.25, 0.3) is 0 Å². The molecule has 0 aliphatic rings. The lowest BCUT2D eigenvalue weighted by Gasteiger charge is -2.20. The van der Waals surface area contributed by atoms with E-state index in [-0.39, 0.29) is 10.7 Å². The first kappa shape index (κ1) is 14.0. The largest absolute Gasteiger partial charge is 0.381 e. The van der Waals surface area contributed by atoms with Crippen LogP contribution in [0.15, 0.2) is 11.1 Å². The third kappa shape index (κ3) is 2.98. The van der Waals surface area contributed by atoms with Crippen molar-refractivity contribution in [3.8, 4) is 0 Å². The normalized spacial score (nSPS) is 12.2. The second-order valence-corrected chi connectivity index (χ2v) is 5.86. The SMILES string of the molecule is CCCN(CCC)S(=O)(=O)c1cn(C)nc1N. The molecule has 0 saturated heterocycles. The molecule has 0 unspecified atom stereocenters. The Hall–Kier alpha value is -1.08. The molecule has 0 aliphatic carbocycles. The number of nitrogens with zero attached hydrogens (tertiary/aromatic N) is 3. The van der Waals surface area contributed by atoms with E-state index in [1.165, 1.54) is 15.2 Å². The van der Waals surface area contributed by atoms with Crippen molar-refractivity contribution in [2.75, 3.05) is 18.8 Å². The fourth-order valence-electron chi connectivity index (χ4n) is 1.67. The molecule has 0 saturated carbocycles. The van der Waals surface area contributed by atoms with Crippen LogP contribution in [0.4, 0.5) is 5.82 Å². The van der Waals surface area contributed by atoms with Gasteiger partial charge in [-0.05, 0) is 12.8 Å². The summed E-state index contributed by atoms with van der Waals surface area (Å²) in [7, 11) is -1.86. The Labute approximate surface area is 102 Å².